The van der Waals surface area contributed by atoms with Crippen LogP contribution in [0.2, 0.25) is 0 Å². The van der Waals surface area contributed by atoms with Crippen molar-refractivity contribution >= 4 is 11.2 Å². The second-order valence-electron chi connectivity index (χ2n) is 6.18. The van der Waals surface area contributed by atoms with E-state index in [9.17, 15) is 9.59 Å². The van der Waals surface area contributed by atoms with Crippen LogP contribution in [0.3, 0.4) is 0 Å². The number of aromatic hydroxyl groups is 2. The molecule has 0 saturated heterocycles. The Morgan fingerprint density at radius 2 is 1.81 bits per heavy atom. The Morgan fingerprint density at radius 1 is 1.11 bits per heavy atom. The van der Waals surface area contributed by atoms with Gasteiger partial charge in [0.25, 0.3) is 5.56 Å². The van der Waals surface area contributed by atoms with E-state index in [0.717, 1.165) is 23.1 Å². The molecule has 0 amide bonds. The zero-order valence-corrected chi connectivity index (χ0v) is 15.7. The first-order valence-electron chi connectivity index (χ1n) is 8.63. The van der Waals surface area contributed by atoms with Gasteiger partial charge in [0, 0.05) is 20.6 Å². The molecule has 0 spiro atoms. The molecule has 3 rings (SSSR count). The maximum atomic E-state index is 11.9. The summed E-state index contributed by atoms with van der Waals surface area (Å²) in [5, 5.41) is 18.0. The number of nitrogens with two attached hydrogens (primary N) is 1. The van der Waals surface area contributed by atoms with Crippen LogP contribution < -0.4 is 17.0 Å². The molecule has 4 N–H and O–H groups in total. The van der Waals surface area contributed by atoms with E-state index >= 15 is 0 Å². The van der Waals surface area contributed by atoms with Crippen LogP contribution in [-0.4, -0.2) is 35.4 Å². The van der Waals surface area contributed by atoms with Gasteiger partial charge in [-0.1, -0.05) is 13.0 Å². The lowest BCUT2D eigenvalue weighted by molar-refractivity contribution is 0.403. The van der Waals surface area contributed by atoms with Crippen LogP contribution in [0.25, 0.3) is 11.2 Å². The number of hydrogen-bond donors (Lipinski definition) is 3. The van der Waals surface area contributed by atoms with Crippen molar-refractivity contribution in [3.05, 3.63) is 50.9 Å². The number of nitrogens with zero attached hydrogens (tertiary/aromatic N) is 4. The van der Waals surface area contributed by atoms with Crippen LogP contribution in [0.4, 0.5) is 0 Å². The monoisotopic (exact) mass is 375 g/mol. The summed E-state index contributed by atoms with van der Waals surface area (Å²) in [5.41, 5.74) is 6.54. The minimum atomic E-state index is -0.348. The zero-order chi connectivity index (χ0) is 20.1. The van der Waals surface area contributed by atoms with Crippen LogP contribution in [0.5, 0.6) is 11.5 Å². The molecule has 0 radical (unpaired) electrons. The van der Waals surface area contributed by atoms with Gasteiger partial charge in [-0.2, -0.15) is 0 Å². The summed E-state index contributed by atoms with van der Waals surface area (Å²) >= 11 is 0. The molecule has 27 heavy (non-hydrogen) atoms. The minimum Gasteiger partial charge on any atom is -0.504 e. The fraction of sp³-hybridized carbons (Fsp3) is 0.389. The Hall–Kier alpha value is -3.07. The number of benzene rings is 1. The fourth-order valence-electron chi connectivity index (χ4n) is 2.70. The summed E-state index contributed by atoms with van der Waals surface area (Å²) in [6.07, 6.45) is 3.24. The Bertz CT molecular complexity index is 1050. The van der Waals surface area contributed by atoms with Crippen LogP contribution in [0.15, 0.2) is 34.1 Å². The van der Waals surface area contributed by atoms with Gasteiger partial charge in [-0.15, -0.1) is 0 Å². The van der Waals surface area contributed by atoms with Crippen molar-refractivity contribution < 1.29 is 10.2 Å². The summed E-state index contributed by atoms with van der Waals surface area (Å²) in [4.78, 5) is 27.7. The van der Waals surface area contributed by atoms with Gasteiger partial charge in [0.2, 0.25) is 0 Å². The van der Waals surface area contributed by atoms with Crippen molar-refractivity contribution in [1.82, 2.24) is 18.7 Å². The molecule has 0 atom stereocenters. The van der Waals surface area contributed by atoms with Crippen molar-refractivity contribution in [2.75, 3.05) is 6.54 Å². The molecule has 0 fully saturated rings. The average molecular weight is 375 g/mol. The molecular formula is C18H25N5O4. The summed E-state index contributed by atoms with van der Waals surface area (Å²) in [7, 11) is 3.10. The summed E-state index contributed by atoms with van der Waals surface area (Å²) < 4.78 is 4.29. The predicted molar refractivity (Wildman–Crippen MR) is 103 cm³/mol. The molecule has 0 unspecified atom stereocenters. The fourth-order valence-corrected chi connectivity index (χ4v) is 2.70. The molecule has 2 heterocycles. The highest BCUT2D eigenvalue weighted by Crippen LogP contribution is 2.24. The van der Waals surface area contributed by atoms with E-state index in [0.29, 0.717) is 24.1 Å². The first-order valence-corrected chi connectivity index (χ1v) is 8.63. The average Bonchev–Trinajstić information content (AvgIpc) is 3.06. The molecule has 1 aromatic carbocycles. The van der Waals surface area contributed by atoms with Crippen molar-refractivity contribution in [3.63, 3.8) is 0 Å². The normalized spacial score (nSPS) is 10.7. The van der Waals surface area contributed by atoms with Crippen molar-refractivity contribution in [3.8, 4) is 11.5 Å². The van der Waals surface area contributed by atoms with Gasteiger partial charge in [-0.05, 0) is 37.1 Å². The molecule has 9 nitrogen and oxygen atoms in total. The van der Waals surface area contributed by atoms with Crippen LogP contribution in [0.1, 0.15) is 18.9 Å². The van der Waals surface area contributed by atoms with Crippen LogP contribution in [0, 0.1) is 0 Å². The highest BCUT2D eigenvalue weighted by molar-refractivity contribution is 5.69. The number of aryl methyl sites for hydroxylation is 2. The van der Waals surface area contributed by atoms with E-state index in [-0.39, 0.29) is 22.7 Å². The van der Waals surface area contributed by atoms with Crippen LogP contribution >= 0.6 is 0 Å². The number of imidazole rings is 1. The van der Waals surface area contributed by atoms with Gasteiger partial charge < -0.3 is 20.5 Å². The standard InChI is InChI=1S/C10H14N4O2.C8H11NO2/c1-4-5-14-6-11-8-7(14)9(15)13(3)10(16)12(8)2;9-4-3-6-1-2-7(10)8(11)5-6/h6H,4-5H2,1-3H3;1-2,5,10-11H,3-4,9H2. The van der Waals surface area contributed by atoms with E-state index in [2.05, 4.69) is 4.98 Å². The lowest BCUT2D eigenvalue weighted by Crippen LogP contribution is -2.37. The number of fused-ring (bicyclic) bond motifs is 1. The third-order valence-corrected chi connectivity index (χ3v) is 4.15. The van der Waals surface area contributed by atoms with Crippen molar-refractivity contribution in [2.24, 2.45) is 19.8 Å². The van der Waals surface area contributed by atoms with Gasteiger partial charge >= 0.3 is 5.69 Å². The molecule has 3 aromatic rings. The van der Waals surface area contributed by atoms with Crippen molar-refractivity contribution in [2.45, 2.75) is 26.3 Å². The number of rotatable bonds is 4. The molecular weight excluding hydrogens is 350 g/mol. The van der Waals surface area contributed by atoms with Crippen molar-refractivity contribution in [1.29, 1.82) is 0 Å². The second kappa shape index (κ2) is 8.54. The second-order valence-corrected chi connectivity index (χ2v) is 6.18. The Balaban J connectivity index is 0.000000208. The predicted octanol–water partition coefficient (Wildman–Crippen LogP) is 0.443. The lowest BCUT2D eigenvalue weighted by Gasteiger charge is -2.05. The maximum absolute atomic E-state index is 11.9. The molecule has 146 valence electrons. The van der Waals surface area contributed by atoms with Gasteiger partial charge in [0.1, 0.15) is 0 Å². The van der Waals surface area contributed by atoms with Gasteiger partial charge in [0.05, 0.1) is 6.33 Å². The van der Waals surface area contributed by atoms with E-state index in [1.165, 1.54) is 23.7 Å². The topological polar surface area (TPSA) is 128 Å². The lowest BCUT2D eigenvalue weighted by atomic mass is 10.1. The SMILES string of the molecule is CCCn1cnc2c1c(=O)n(C)c(=O)n2C.NCCc1ccc(O)c(O)c1. The van der Waals surface area contributed by atoms with E-state index in [4.69, 9.17) is 15.9 Å². The Kier molecular flexibility index (Phi) is 6.40. The number of phenols is 2. The highest BCUT2D eigenvalue weighted by atomic mass is 16.3. The van der Waals surface area contributed by atoms with E-state index in [1.807, 2.05) is 6.92 Å². The van der Waals surface area contributed by atoms with Gasteiger partial charge in [0.15, 0.2) is 22.7 Å². The Morgan fingerprint density at radius 3 is 2.41 bits per heavy atom. The third-order valence-electron chi connectivity index (χ3n) is 4.15. The zero-order valence-electron chi connectivity index (χ0n) is 15.7. The molecule has 9 heteroatoms. The minimum absolute atomic E-state index is 0.0871. The molecule has 2 aromatic heterocycles. The largest absolute Gasteiger partial charge is 0.504 e. The summed E-state index contributed by atoms with van der Waals surface area (Å²) in [6, 6.07) is 4.71. The van der Waals surface area contributed by atoms with Gasteiger partial charge in [-0.3, -0.25) is 13.9 Å². The van der Waals surface area contributed by atoms with E-state index < -0.39 is 0 Å². The van der Waals surface area contributed by atoms with E-state index in [1.54, 1.807) is 24.0 Å². The Labute approximate surface area is 155 Å². The number of phenolic OH excluding ortho intramolecular Hbond substituents is 2. The quantitative estimate of drug-likeness (QED) is 0.568. The maximum Gasteiger partial charge on any atom is 0.332 e. The van der Waals surface area contributed by atoms with Gasteiger partial charge in [-0.25, -0.2) is 9.78 Å². The first kappa shape index (κ1) is 20.2. The van der Waals surface area contributed by atoms with Crippen LogP contribution in [-0.2, 0) is 27.1 Å². The molecule has 0 aliphatic carbocycles. The highest BCUT2D eigenvalue weighted by Gasteiger charge is 2.13. The summed E-state index contributed by atoms with van der Waals surface area (Å²) in [6.45, 7) is 3.30. The number of aromatic nitrogens is 4. The summed E-state index contributed by atoms with van der Waals surface area (Å²) in [5.74, 6) is -0.179. The molecule has 0 saturated carbocycles. The first-order chi connectivity index (χ1) is 12.8. The molecule has 0 aliphatic heterocycles. The molecule has 0 aliphatic rings. The smallest absolute Gasteiger partial charge is 0.332 e. The third kappa shape index (κ3) is 4.20. The molecule has 0 bridgehead atoms. The number of hydrogen-bond acceptors (Lipinski definition) is 6.